The van der Waals surface area contributed by atoms with E-state index in [2.05, 4.69) is 5.32 Å². The molecular weight excluding hydrogens is 339 g/mol. The molecule has 0 radical (unpaired) electrons. The number of non-ortho nitro benzene ring substituents is 1. The van der Waals surface area contributed by atoms with E-state index in [1.165, 1.54) is 4.90 Å². The Morgan fingerprint density at radius 1 is 1.39 bits per heavy atom. The first kappa shape index (κ1) is 19.6. The van der Waals surface area contributed by atoms with Gasteiger partial charge in [-0.25, -0.2) is 13.2 Å². The number of aliphatic hydroxyl groups excluding tert-OH is 1. The van der Waals surface area contributed by atoms with Crippen molar-refractivity contribution in [1.82, 2.24) is 10.2 Å². The third-order valence-electron chi connectivity index (χ3n) is 3.61. The van der Waals surface area contributed by atoms with E-state index in [0.717, 1.165) is 18.2 Å². The Balaban J connectivity index is 0.00000264. The molecule has 1 aliphatic heterocycles. The standard InChI is InChI=1S/C13H16F3N3O3.ClH/c14-11-2-1-9(19(21)22)7-10(11)12(13(15,16)8-20)18-5-3-17-4-6-18;/h1-2,7,12,17,20H,3-6,8H2;1H/t12-;/m0./s1. The third-order valence-corrected chi connectivity index (χ3v) is 3.61. The van der Waals surface area contributed by atoms with E-state index < -0.39 is 40.6 Å². The van der Waals surface area contributed by atoms with Crippen molar-refractivity contribution in [3.8, 4) is 0 Å². The minimum atomic E-state index is -3.62. The number of nitro groups is 1. The van der Waals surface area contributed by atoms with Gasteiger partial charge in [0.1, 0.15) is 18.5 Å². The van der Waals surface area contributed by atoms with Gasteiger partial charge in [0.2, 0.25) is 0 Å². The number of piperazine rings is 1. The van der Waals surface area contributed by atoms with Gasteiger partial charge in [-0.1, -0.05) is 0 Å². The molecule has 0 aliphatic carbocycles. The summed E-state index contributed by atoms with van der Waals surface area (Å²) in [5, 5.41) is 22.8. The molecule has 1 heterocycles. The summed E-state index contributed by atoms with van der Waals surface area (Å²) in [6, 6.07) is 0.784. The lowest BCUT2D eigenvalue weighted by Crippen LogP contribution is -2.51. The number of aliphatic hydroxyl groups is 1. The number of nitro benzene ring substituents is 1. The van der Waals surface area contributed by atoms with Crippen LogP contribution in [-0.4, -0.2) is 53.6 Å². The maximum atomic E-state index is 14.2. The molecule has 130 valence electrons. The van der Waals surface area contributed by atoms with Crippen LogP contribution < -0.4 is 5.32 Å². The second kappa shape index (κ2) is 7.91. The van der Waals surface area contributed by atoms with Crippen LogP contribution in [0, 0.1) is 15.9 Å². The first-order valence-electron chi connectivity index (χ1n) is 6.74. The summed E-state index contributed by atoms with van der Waals surface area (Å²) in [6.07, 6.45) is 0. The molecule has 2 rings (SSSR count). The van der Waals surface area contributed by atoms with Crippen molar-refractivity contribution in [1.29, 1.82) is 0 Å². The zero-order chi connectivity index (χ0) is 16.3. The Hall–Kier alpha value is -1.42. The second-order valence-electron chi connectivity index (χ2n) is 5.07. The van der Waals surface area contributed by atoms with Crippen LogP contribution in [-0.2, 0) is 0 Å². The van der Waals surface area contributed by atoms with Crippen molar-refractivity contribution >= 4 is 18.1 Å². The van der Waals surface area contributed by atoms with Gasteiger partial charge in [-0.3, -0.25) is 15.0 Å². The smallest absolute Gasteiger partial charge is 0.290 e. The predicted molar refractivity (Wildman–Crippen MR) is 79.5 cm³/mol. The first-order valence-corrected chi connectivity index (χ1v) is 6.74. The van der Waals surface area contributed by atoms with Crippen molar-refractivity contribution in [3.63, 3.8) is 0 Å². The van der Waals surface area contributed by atoms with E-state index >= 15 is 0 Å². The van der Waals surface area contributed by atoms with Crippen LogP contribution in [0.2, 0.25) is 0 Å². The normalized spacial score (nSPS) is 17.4. The maximum absolute atomic E-state index is 14.2. The number of nitrogens with one attached hydrogen (secondary N) is 1. The zero-order valence-corrected chi connectivity index (χ0v) is 12.9. The van der Waals surface area contributed by atoms with Gasteiger partial charge < -0.3 is 10.4 Å². The molecule has 0 aromatic heterocycles. The summed E-state index contributed by atoms with van der Waals surface area (Å²) >= 11 is 0. The quantitative estimate of drug-likeness (QED) is 0.621. The van der Waals surface area contributed by atoms with Crippen molar-refractivity contribution < 1.29 is 23.2 Å². The number of benzene rings is 1. The molecular formula is C13H17ClF3N3O3. The van der Waals surface area contributed by atoms with Gasteiger partial charge in [-0.2, -0.15) is 0 Å². The number of hydrogen-bond acceptors (Lipinski definition) is 5. The van der Waals surface area contributed by atoms with Crippen LogP contribution in [0.1, 0.15) is 11.6 Å². The van der Waals surface area contributed by atoms with Crippen LogP contribution in [0.25, 0.3) is 0 Å². The molecule has 23 heavy (non-hydrogen) atoms. The second-order valence-corrected chi connectivity index (χ2v) is 5.07. The maximum Gasteiger partial charge on any atom is 0.290 e. The topological polar surface area (TPSA) is 78.6 Å². The van der Waals surface area contributed by atoms with Crippen molar-refractivity contribution in [3.05, 3.63) is 39.7 Å². The van der Waals surface area contributed by atoms with Gasteiger partial charge in [0, 0.05) is 43.9 Å². The van der Waals surface area contributed by atoms with Crippen LogP contribution in [0.15, 0.2) is 18.2 Å². The van der Waals surface area contributed by atoms with Crippen molar-refractivity contribution in [2.45, 2.75) is 12.0 Å². The third kappa shape index (κ3) is 4.31. The summed E-state index contributed by atoms with van der Waals surface area (Å²) in [4.78, 5) is 11.4. The van der Waals surface area contributed by atoms with E-state index in [0.29, 0.717) is 13.1 Å². The molecule has 0 unspecified atom stereocenters. The SMILES string of the molecule is Cl.O=[N+]([O-])c1ccc(F)c([C@H](N2CCNCC2)C(F)(F)CO)c1. The summed E-state index contributed by atoms with van der Waals surface area (Å²) < 4.78 is 42.3. The first-order chi connectivity index (χ1) is 10.4. The summed E-state index contributed by atoms with van der Waals surface area (Å²) in [5.41, 5.74) is -0.944. The lowest BCUT2D eigenvalue weighted by atomic mass is 9.97. The molecule has 0 saturated carbocycles. The summed E-state index contributed by atoms with van der Waals surface area (Å²) in [7, 11) is 0. The number of alkyl halides is 2. The fourth-order valence-electron chi connectivity index (χ4n) is 2.57. The molecule has 0 spiro atoms. The highest BCUT2D eigenvalue weighted by Crippen LogP contribution is 2.38. The summed E-state index contributed by atoms with van der Waals surface area (Å²) in [6.45, 7) is -0.141. The van der Waals surface area contributed by atoms with Gasteiger partial charge in [-0.05, 0) is 6.07 Å². The number of hydrogen-bond donors (Lipinski definition) is 2. The van der Waals surface area contributed by atoms with Crippen LogP contribution >= 0.6 is 12.4 Å². The highest BCUT2D eigenvalue weighted by atomic mass is 35.5. The molecule has 10 heteroatoms. The molecule has 1 aromatic carbocycles. The molecule has 1 aromatic rings. The van der Waals surface area contributed by atoms with Crippen LogP contribution in [0.4, 0.5) is 18.9 Å². The molecule has 0 amide bonds. The Morgan fingerprint density at radius 3 is 2.52 bits per heavy atom. The van der Waals surface area contributed by atoms with Gasteiger partial charge in [0.25, 0.3) is 11.6 Å². The van der Waals surface area contributed by atoms with E-state index in [-0.39, 0.29) is 25.5 Å². The lowest BCUT2D eigenvalue weighted by molar-refractivity contribution is -0.385. The van der Waals surface area contributed by atoms with E-state index in [9.17, 15) is 23.3 Å². The summed E-state index contributed by atoms with van der Waals surface area (Å²) in [5.74, 6) is -4.57. The van der Waals surface area contributed by atoms with E-state index in [1.54, 1.807) is 0 Å². The Morgan fingerprint density at radius 2 is 2.00 bits per heavy atom. The average Bonchev–Trinajstić information content (AvgIpc) is 2.50. The molecule has 1 aliphatic rings. The van der Waals surface area contributed by atoms with E-state index in [1.807, 2.05) is 0 Å². The fourth-order valence-corrected chi connectivity index (χ4v) is 2.57. The van der Waals surface area contributed by atoms with E-state index in [4.69, 9.17) is 5.11 Å². The Bertz CT molecular complexity index is 557. The zero-order valence-electron chi connectivity index (χ0n) is 12.0. The molecule has 6 nitrogen and oxygen atoms in total. The molecule has 1 atom stereocenters. The highest BCUT2D eigenvalue weighted by molar-refractivity contribution is 5.85. The largest absolute Gasteiger partial charge is 0.390 e. The van der Waals surface area contributed by atoms with Gasteiger partial charge in [-0.15, -0.1) is 12.4 Å². The molecule has 1 saturated heterocycles. The Labute approximate surface area is 136 Å². The van der Waals surface area contributed by atoms with Gasteiger partial charge in [0.15, 0.2) is 0 Å². The number of halogens is 4. The predicted octanol–water partition coefficient (Wildman–Crippen LogP) is 1.73. The minimum Gasteiger partial charge on any atom is -0.390 e. The fraction of sp³-hybridized carbons (Fsp3) is 0.538. The van der Waals surface area contributed by atoms with Crippen molar-refractivity contribution in [2.75, 3.05) is 32.8 Å². The lowest BCUT2D eigenvalue weighted by Gasteiger charge is -2.38. The van der Waals surface area contributed by atoms with Crippen LogP contribution in [0.3, 0.4) is 0 Å². The molecule has 0 bridgehead atoms. The number of rotatable bonds is 5. The average molecular weight is 356 g/mol. The van der Waals surface area contributed by atoms with Gasteiger partial charge in [0.05, 0.1) is 4.92 Å². The highest BCUT2D eigenvalue weighted by Gasteiger charge is 2.45. The van der Waals surface area contributed by atoms with Crippen LogP contribution in [0.5, 0.6) is 0 Å². The van der Waals surface area contributed by atoms with Crippen molar-refractivity contribution in [2.24, 2.45) is 0 Å². The molecule has 2 N–H and O–H groups in total. The van der Waals surface area contributed by atoms with Gasteiger partial charge >= 0.3 is 0 Å². The number of nitrogens with zero attached hydrogens (tertiary/aromatic N) is 2. The molecule has 1 fully saturated rings. The minimum absolute atomic E-state index is 0. The monoisotopic (exact) mass is 355 g/mol. The Kier molecular flexibility index (Phi) is 6.75.